The summed E-state index contributed by atoms with van der Waals surface area (Å²) in [5.41, 5.74) is 1.32. The second-order valence-electron chi connectivity index (χ2n) is 5.15. The van der Waals surface area contributed by atoms with E-state index in [2.05, 4.69) is 24.4 Å². The van der Waals surface area contributed by atoms with Gasteiger partial charge in [0.05, 0.1) is 13.7 Å². The molecule has 0 fully saturated rings. The highest BCUT2D eigenvalue weighted by Gasteiger charge is 2.04. The summed E-state index contributed by atoms with van der Waals surface area (Å²) in [5.74, 6) is 0.786. The van der Waals surface area contributed by atoms with Crippen molar-refractivity contribution in [1.82, 2.24) is 5.32 Å². The lowest BCUT2D eigenvalue weighted by atomic mass is 10.1. The maximum absolute atomic E-state index is 11.2. The Morgan fingerprint density at radius 1 is 1.29 bits per heavy atom. The minimum Gasteiger partial charge on any atom is -0.497 e. The van der Waals surface area contributed by atoms with Crippen molar-refractivity contribution in [3.63, 3.8) is 0 Å². The molecule has 0 spiro atoms. The van der Waals surface area contributed by atoms with Crippen LogP contribution in [0.4, 0.5) is 0 Å². The highest BCUT2D eigenvalue weighted by Crippen LogP contribution is 2.13. The third-order valence-corrected chi connectivity index (χ3v) is 3.38. The molecule has 1 rings (SSSR count). The zero-order valence-corrected chi connectivity index (χ0v) is 13.4. The summed E-state index contributed by atoms with van der Waals surface area (Å²) in [6.45, 7) is 5.32. The van der Waals surface area contributed by atoms with Crippen molar-refractivity contribution < 1.29 is 14.3 Å². The lowest BCUT2D eigenvalue weighted by Crippen LogP contribution is -2.27. The predicted octanol–water partition coefficient (Wildman–Crippen LogP) is 2.95. The molecule has 0 radical (unpaired) electrons. The van der Waals surface area contributed by atoms with Crippen molar-refractivity contribution in [3.05, 3.63) is 29.8 Å². The van der Waals surface area contributed by atoms with Crippen LogP contribution in [0.2, 0.25) is 0 Å². The summed E-state index contributed by atoms with van der Waals surface area (Å²) in [7, 11) is 1.68. The Morgan fingerprint density at radius 2 is 2.00 bits per heavy atom. The van der Waals surface area contributed by atoms with Gasteiger partial charge in [-0.15, -0.1) is 0 Å². The van der Waals surface area contributed by atoms with E-state index in [1.54, 1.807) is 7.11 Å². The molecule has 0 saturated carbocycles. The van der Waals surface area contributed by atoms with Crippen LogP contribution < -0.4 is 10.1 Å². The molecule has 0 amide bonds. The van der Waals surface area contributed by atoms with Crippen molar-refractivity contribution in [2.45, 2.75) is 45.6 Å². The van der Waals surface area contributed by atoms with Gasteiger partial charge in [0.25, 0.3) is 0 Å². The molecule has 1 aromatic carbocycles. The van der Waals surface area contributed by atoms with Gasteiger partial charge in [0, 0.05) is 12.5 Å². The second kappa shape index (κ2) is 10.2. The molecule has 4 heteroatoms. The van der Waals surface area contributed by atoms with E-state index in [9.17, 15) is 4.79 Å². The zero-order chi connectivity index (χ0) is 15.5. The van der Waals surface area contributed by atoms with Crippen LogP contribution in [-0.2, 0) is 16.0 Å². The molecule has 1 aromatic rings. The molecule has 118 valence electrons. The highest BCUT2D eigenvalue weighted by molar-refractivity contribution is 5.69. The van der Waals surface area contributed by atoms with Gasteiger partial charge in [0.15, 0.2) is 0 Å². The SMILES string of the molecule is CCOC(=O)CCCNC(C)CCc1ccc(OC)cc1. The number of rotatable bonds is 10. The fraction of sp³-hybridized carbons (Fsp3) is 0.588. The summed E-state index contributed by atoms with van der Waals surface area (Å²) < 4.78 is 10.0. The molecule has 1 atom stereocenters. The van der Waals surface area contributed by atoms with Gasteiger partial charge in [-0.1, -0.05) is 12.1 Å². The lowest BCUT2D eigenvalue weighted by Gasteiger charge is -2.13. The highest BCUT2D eigenvalue weighted by atomic mass is 16.5. The van der Waals surface area contributed by atoms with Gasteiger partial charge >= 0.3 is 5.97 Å². The Hall–Kier alpha value is -1.55. The van der Waals surface area contributed by atoms with Gasteiger partial charge in [0.2, 0.25) is 0 Å². The molecule has 21 heavy (non-hydrogen) atoms. The molecular weight excluding hydrogens is 266 g/mol. The molecule has 1 N–H and O–H groups in total. The smallest absolute Gasteiger partial charge is 0.305 e. The standard InChI is InChI=1S/C17H27NO3/c1-4-21-17(19)6-5-13-18-14(2)7-8-15-9-11-16(20-3)12-10-15/h9-12,14,18H,4-8,13H2,1-3H3. The molecule has 4 nitrogen and oxygen atoms in total. The van der Waals surface area contributed by atoms with Crippen molar-refractivity contribution in [3.8, 4) is 5.75 Å². The van der Waals surface area contributed by atoms with E-state index < -0.39 is 0 Å². The van der Waals surface area contributed by atoms with Crippen LogP contribution in [0.25, 0.3) is 0 Å². The van der Waals surface area contributed by atoms with E-state index in [4.69, 9.17) is 9.47 Å². The average Bonchev–Trinajstić information content (AvgIpc) is 2.50. The molecule has 1 unspecified atom stereocenters. The third-order valence-electron chi connectivity index (χ3n) is 3.38. The Kier molecular flexibility index (Phi) is 8.51. The molecule has 0 aliphatic heterocycles. The minimum absolute atomic E-state index is 0.106. The number of aryl methyl sites for hydroxylation is 1. The average molecular weight is 293 g/mol. The molecule has 0 bridgehead atoms. The van der Waals surface area contributed by atoms with Crippen molar-refractivity contribution >= 4 is 5.97 Å². The van der Waals surface area contributed by atoms with E-state index in [0.717, 1.165) is 31.6 Å². The largest absolute Gasteiger partial charge is 0.497 e. The number of carbonyl (C=O) groups excluding carboxylic acids is 1. The van der Waals surface area contributed by atoms with Crippen molar-refractivity contribution in [1.29, 1.82) is 0 Å². The third kappa shape index (κ3) is 7.71. The van der Waals surface area contributed by atoms with Gasteiger partial charge in [-0.05, 0) is 57.4 Å². The lowest BCUT2D eigenvalue weighted by molar-refractivity contribution is -0.143. The number of benzene rings is 1. The maximum atomic E-state index is 11.2. The number of hydrogen-bond acceptors (Lipinski definition) is 4. The summed E-state index contributed by atoms with van der Waals surface area (Å²) in [6, 6.07) is 8.63. The maximum Gasteiger partial charge on any atom is 0.305 e. The van der Waals surface area contributed by atoms with Crippen LogP contribution in [0.15, 0.2) is 24.3 Å². The van der Waals surface area contributed by atoms with E-state index in [1.807, 2.05) is 19.1 Å². The van der Waals surface area contributed by atoms with Gasteiger partial charge in [-0.25, -0.2) is 0 Å². The predicted molar refractivity (Wildman–Crippen MR) is 84.6 cm³/mol. The van der Waals surface area contributed by atoms with Crippen molar-refractivity contribution in [2.75, 3.05) is 20.3 Å². The first kappa shape index (κ1) is 17.5. The Balaban J connectivity index is 2.13. The first-order valence-corrected chi connectivity index (χ1v) is 7.67. The molecule has 0 aromatic heterocycles. The Morgan fingerprint density at radius 3 is 2.62 bits per heavy atom. The summed E-state index contributed by atoms with van der Waals surface area (Å²) in [4.78, 5) is 11.2. The Bertz CT molecular complexity index is 403. The Labute approximate surface area is 127 Å². The van der Waals surface area contributed by atoms with Crippen LogP contribution in [0.5, 0.6) is 5.75 Å². The van der Waals surface area contributed by atoms with E-state index in [0.29, 0.717) is 19.1 Å². The number of carbonyl (C=O) groups is 1. The number of nitrogens with one attached hydrogen (secondary N) is 1. The van der Waals surface area contributed by atoms with E-state index in [-0.39, 0.29) is 5.97 Å². The van der Waals surface area contributed by atoms with Gasteiger partial charge in [-0.2, -0.15) is 0 Å². The first-order chi connectivity index (χ1) is 10.2. The summed E-state index contributed by atoms with van der Waals surface area (Å²) in [5, 5.41) is 3.44. The van der Waals surface area contributed by atoms with Crippen LogP contribution in [-0.4, -0.2) is 32.3 Å². The topological polar surface area (TPSA) is 47.6 Å². The monoisotopic (exact) mass is 293 g/mol. The molecule has 0 aliphatic rings. The van der Waals surface area contributed by atoms with E-state index >= 15 is 0 Å². The first-order valence-electron chi connectivity index (χ1n) is 7.67. The number of methoxy groups -OCH3 is 1. The van der Waals surface area contributed by atoms with Gasteiger partial charge in [0.1, 0.15) is 5.75 Å². The number of esters is 1. The molecule has 0 heterocycles. The van der Waals surface area contributed by atoms with Gasteiger partial charge < -0.3 is 14.8 Å². The van der Waals surface area contributed by atoms with E-state index in [1.165, 1.54) is 5.56 Å². The normalized spacial score (nSPS) is 12.0. The molecular formula is C17H27NO3. The van der Waals surface area contributed by atoms with Crippen LogP contribution in [0.1, 0.15) is 38.7 Å². The summed E-state index contributed by atoms with van der Waals surface area (Å²) in [6.07, 6.45) is 3.43. The number of ether oxygens (including phenoxy) is 2. The van der Waals surface area contributed by atoms with Gasteiger partial charge in [-0.3, -0.25) is 4.79 Å². The van der Waals surface area contributed by atoms with Crippen LogP contribution in [0.3, 0.4) is 0 Å². The van der Waals surface area contributed by atoms with Crippen LogP contribution in [0, 0.1) is 0 Å². The second-order valence-corrected chi connectivity index (χ2v) is 5.15. The molecule has 0 aliphatic carbocycles. The molecule has 0 saturated heterocycles. The zero-order valence-electron chi connectivity index (χ0n) is 13.4. The quantitative estimate of drug-likeness (QED) is 0.532. The number of hydrogen-bond donors (Lipinski definition) is 1. The fourth-order valence-electron chi connectivity index (χ4n) is 2.09. The van der Waals surface area contributed by atoms with Crippen molar-refractivity contribution in [2.24, 2.45) is 0 Å². The van der Waals surface area contributed by atoms with Crippen LogP contribution >= 0.6 is 0 Å². The fourth-order valence-corrected chi connectivity index (χ4v) is 2.09. The minimum atomic E-state index is -0.106. The summed E-state index contributed by atoms with van der Waals surface area (Å²) >= 11 is 0.